The summed E-state index contributed by atoms with van der Waals surface area (Å²) in [5.74, 6) is 2.06. The summed E-state index contributed by atoms with van der Waals surface area (Å²) in [6.45, 7) is 3.59. The first-order chi connectivity index (χ1) is 11.7. The number of para-hydroxylation sites is 2. The maximum absolute atomic E-state index is 12.7. The molecule has 0 N–H and O–H groups in total. The highest BCUT2D eigenvalue weighted by Crippen LogP contribution is 2.29. The van der Waals surface area contributed by atoms with Gasteiger partial charge in [-0.2, -0.15) is 0 Å². The van der Waals surface area contributed by atoms with Crippen molar-refractivity contribution in [2.75, 3.05) is 40.3 Å². The van der Waals surface area contributed by atoms with Crippen LogP contribution in [0.2, 0.25) is 0 Å². The van der Waals surface area contributed by atoms with Crippen LogP contribution in [-0.2, 0) is 4.79 Å². The Morgan fingerprint density at radius 2 is 1.79 bits per heavy atom. The number of hydrogen-bond acceptors (Lipinski definition) is 4. The van der Waals surface area contributed by atoms with E-state index in [1.54, 1.807) is 7.11 Å². The second kappa shape index (κ2) is 7.88. The zero-order valence-electron chi connectivity index (χ0n) is 14.7. The molecule has 2 aliphatic rings. The number of hydrogen-bond donors (Lipinski definition) is 0. The molecule has 24 heavy (non-hydrogen) atoms. The predicted octanol–water partition coefficient (Wildman–Crippen LogP) is 2.41. The van der Waals surface area contributed by atoms with Gasteiger partial charge in [0.15, 0.2) is 11.5 Å². The minimum absolute atomic E-state index is 0.152. The zero-order valence-corrected chi connectivity index (χ0v) is 14.7. The molecule has 0 aromatic heterocycles. The number of amides is 1. The predicted molar refractivity (Wildman–Crippen MR) is 93.4 cm³/mol. The Morgan fingerprint density at radius 1 is 1.08 bits per heavy atom. The van der Waals surface area contributed by atoms with Crippen molar-refractivity contribution < 1.29 is 14.3 Å². The van der Waals surface area contributed by atoms with Crippen LogP contribution in [0.5, 0.6) is 11.5 Å². The smallest absolute Gasteiger partial charge is 0.226 e. The summed E-state index contributed by atoms with van der Waals surface area (Å²) in [7, 11) is 3.76. The summed E-state index contributed by atoms with van der Waals surface area (Å²) in [4.78, 5) is 17.0. The van der Waals surface area contributed by atoms with Gasteiger partial charge in [0.2, 0.25) is 5.91 Å². The highest BCUT2D eigenvalue weighted by molar-refractivity contribution is 5.79. The van der Waals surface area contributed by atoms with Crippen LogP contribution in [-0.4, -0.2) is 62.1 Å². The van der Waals surface area contributed by atoms with Crippen LogP contribution < -0.4 is 9.47 Å². The van der Waals surface area contributed by atoms with Gasteiger partial charge >= 0.3 is 0 Å². The van der Waals surface area contributed by atoms with Gasteiger partial charge in [-0.25, -0.2) is 0 Å². The van der Waals surface area contributed by atoms with E-state index in [2.05, 4.69) is 11.9 Å². The summed E-state index contributed by atoms with van der Waals surface area (Å²) in [5.41, 5.74) is 0. The van der Waals surface area contributed by atoms with E-state index in [4.69, 9.17) is 9.47 Å². The molecule has 3 rings (SSSR count). The number of likely N-dealkylation sites (tertiary alicyclic amines) is 2. The average molecular weight is 332 g/mol. The van der Waals surface area contributed by atoms with Crippen LogP contribution in [0.3, 0.4) is 0 Å². The molecule has 2 saturated heterocycles. The average Bonchev–Trinajstić information content (AvgIpc) is 2.62. The number of benzene rings is 1. The third-order valence-corrected chi connectivity index (χ3v) is 5.09. The van der Waals surface area contributed by atoms with Gasteiger partial charge in [-0.3, -0.25) is 4.79 Å². The maximum atomic E-state index is 12.7. The molecule has 2 heterocycles. The van der Waals surface area contributed by atoms with Crippen molar-refractivity contribution in [3.8, 4) is 11.5 Å². The van der Waals surface area contributed by atoms with Crippen LogP contribution >= 0.6 is 0 Å². The summed E-state index contributed by atoms with van der Waals surface area (Å²) < 4.78 is 11.4. The van der Waals surface area contributed by atoms with Crippen molar-refractivity contribution in [2.45, 2.75) is 31.8 Å². The second-order valence-electron chi connectivity index (χ2n) is 6.89. The fourth-order valence-electron chi connectivity index (χ4n) is 3.72. The Kier molecular flexibility index (Phi) is 5.61. The third-order valence-electron chi connectivity index (χ3n) is 5.09. The molecule has 1 atom stereocenters. The third kappa shape index (κ3) is 4.01. The molecule has 5 nitrogen and oxygen atoms in total. The van der Waals surface area contributed by atoms with Crippen LogP contribution in [0.4, 0.5) is 0 Å². The second-order valence-corrected chi connectivity index (χ2v) is 6.89. The first-order valence-electron chi connectivity index (χ1n) is 8.94. The summed E-state index contributed by atoms with van der Waals surface area (Å²) in [6.07, 6.45) is 4.07. The molecule has 0 unspecified atom stereocenters. The zero-order chi connectivity index (χ0) is 16.9. The number of piperidine rings is 2. The molecule has 0 radical (unpaired) electrons. The van der Waals surface area contributed by atoms with E-state index in [0.717, 1.165) is 63.4 Å². The molecule has 0 spiro atoms. The maximum Gasteiger partial charge on any atom is 0.226 e. The lowest BCUT2D eigenvalue weighted by molar-refractivity contribution is -0.139. The number of carbonyl (C=O) groups is 1. The minimum atomic E-state index is 0.152. The molecule has 0 saturated carbocycles. The molecule has 2 fully saturated rings. The molecular formula is C19H28N2O3. The number of methoxy groups -OCH3 is 1. The normalized spacial score (nSPS) is 23.1. The largest absolute Gasteiger partial charge is 0.493 e. The highest BCUT2D eigenvalue weighted by Gasteiger charge is 2.31. The minimum Gasteiger partial charge on any atom is -0.493 e. The van der Waals surface area contributed by atoms with Gasteiger partial charge < -0.3 is 19.3 Å². The quantitative estimate of drug-likeness (QED) is 0.849. The van der Waals surface area contributed by atoms with Gasteiger partial charge in [0.1, 0.15) is 6.10 Å². The monoisotopic (exact) mass is 332 g/mol. The van der Waals surface area contributed by atoms with Crippen LogP contribution in [0.1, 0.15) is 25.7 Å². The van der Waals surface area contributed by atoms with Crippen molar-refractivity contribution >= 4 is 5.91 Å². The van der Waals surface area contributed by atoms with E-state index >= 15 is 0 Å². The standard InChI is InChI=1S/C19H28N2O3/c1-20-11-5-6-15(14-20)19(22)21-12-9-16(10-13-21)24-18-8-4-3-7-17(18)23-2/h3-4,7-8,15-16H,5-6,9-14H2,1-2H3/t15-/m0/s1. The lowest BCUT2D eigenvalue weighted by Crippen LogP contribution is -2.47. The van der Waals surface area contributed by atoms with Gasteiger partial charge in [-0.15, -0.1) is 0 Å². The Bertz CT molecular complexity index is 555. The Morgan fingerprint density at radius 3 is 2.46 bits per heavy atom. The lowest BCUT2D eigenvalue weighted by Gasteiger charge is -2.37. The van der Waals surface area contributed by atoms with Crippen LogP contribution in [0.15, 0.2) is 24.3 Å². The van der Waals surface area contributed by atoms with Crippen molar-refractivity contribution in [2.24, 2.45) is 5.92 Å². The summed E-state index contributed by atoms with van der Waals surface area (Å²) in [5, 5.41) is 0. The topological polar surface area (TPSA) is 42.0 Å². The molecule has 0 bridgehead atoms. The fourth-order valence-corrected chi connectivity index (χ4v) is 3.72. The Balaban J connectivity index is 1.51. The van der Waals surface area contributed by atoms with E-state index in [9.17, 15) is 4.79 Å². The highest BCUT2D eigenvalue weighted by atomic mass is 16.5. The van der Waals surface area contributed by atoms with Crippen LogP contribution in [0.25, 0.3) is 0 Å². The van der Waals surface area contributed by atoms with E-state index < -0.39 is 0 Å². The Labute approximate surface area is 144 Å². The van der Waals surface area contributed by atoms with Crippen molar-refractivity contribution in [1.29, 1.82) is 0 Å². The van der Waals surface area contributed by atoms with Gasteiger partial charge in [0.25, 0.3) is 0 Å². The fraction of sp³-hybridized carbons (Fsp3) is 0.632. The molecule has 132 valence electrons. The molecule has 0 aliphatic carbocycles. The van der Waals surface area contributed by atoms with Gasteiger partial charge in [0, 0.05) is 32.5 Å². The molecule has 1 aromatic carbocycles. The van der Waals surface area contributed by atoms with E-state index in [-0.39, 0.29) is 12.0 Å². The van der Waals surface area contributed by atoms with E-state index in [1.807, 2.05) is 29.2 Å². The number of ether oxygens (including phenoxy) is 2. The SMILES string of the molecule is COc1ccccc1OC1CCN(C(=O)[C@H]2CCCN(C)C2)CC1. The van der Waals surface area contributed by atoms with Gasteiger partial charge in [-0.05, 0) is 38.6 Å². The number of nitrogens with zero attached hydrogens (tertiary/aromatic N) is 2. The number of carbonyl (C=O) groups excluding carboxylic acids is 1. The van der Waals surface area contributed by atoms with Crippen molar-refractivity contribution in [3.05, 3.63) is 24.3 Å². The molecule has 1 aromatic rings. The molecule has 2 aliphatic heterocycles. The Hall–Kier alpha value is -1.75. The van der Waals surface area contributed by atoms with Gasteiger partial charge in [0.05, 0.1) is 13.0 Å². The number of rotatable bonds is 4. The first kappa shape index (κ1) is 17.1. The van der Waals surface area contributed by atoms with Crippen molar-refractivity contribution in [3.63, 3.8) is 0 Å². The van der Waals surface area contributed by atoms with E-state index in [1.165, 1.54) is 0 Å². The van der Waals surface area contributed by atoms with Gasteiger partial charge in [-0.1, -0.05) is 12.1 Å². The summed E-state index contributed by atoms with van der Waals surface area (Å²) >= 11 is 0. The van der Waals surface area contributed by atoms with E-state index in [0.29, 0.717) is 5.91 Å². The lowest BCUT2D eigenvalue weighted by atomic mass is 9.95. The molecule has 1 amide bonds. The van der Waals surface area contributed by atoms with Crippen LogP contribution in [0, 0.1) is 5.92 Å². The van der Waals surface area contributed by atoms with Crippen molar-refractivity contribution in [1.82, 2.24) is 9.80 Å². The molecule has 5 heteroatoms. The first-order valence-corrected chi connectivity index (χ1v) is 8.94. The summed E-state index contributed by atoms with van der Waals surface area (Å²) in [6, 6.07) is 7.74. The molecular weight excluding hydrogens is 304 g/mol.